The molecule has 0 saturated heterocycles. The number of hydrogen-bond donors (Lipinski definition) is 1. The molecule has 3 nitrogen and oxygen atoms in total. The molecule has 132 valence electrons. The molecule has 4 heteroatoms. The zero-order chi connectivity index (χ0) is 18.5. The van der Waals surface area contributed by atoms with Gasteiger partial charge in [0.05, 0.1) is 17.3 Å². The molecule has 0 fully saturated rings. The summed E-state index contributed by atoms with van der Waals surface area (Å²) >= 11 is 0. The van der Waals surface area contributed by atoms with Gasteiger partial charge in [-0.25, -0.2) is 4.39 Å². The van der Waals surface area contributed by atoms with E-state index in [-0.39, 0.29) is 11.7 Å². The largest absolute Gasteiger partial charge is 0.376 e. The molecule has 0 aliphatic rings. The van der Waals surface area contributed by atoms with Gasteiger partial charge in [-0.15, -0.1) is 0 Å². The average Bonchev–Trinajstić information content (AvgIpc) is 2.63. The number of amides is 1. The number of nitrogens with one attached hydrogen (secondary N) is 1. The topological polar surface area (TPSA) is 32.3 Å². The number of anilines is 2. The molecule has 3 rings (SSSR count). The van der Waals surface area contributed by atoms with E-state index < -0.39 is 5.92 Å². The molecule has 3 aromatic carbocycles. The third-order valence-corrected chi connectivity index (χ3v) is 4.23. The van der Waals surface area contributed by atoms with Crippen molar-refractivity contribution >= 4 is 17.3 Å². The fourth-order valence-corrected chi connectivity index (χ4v) is 2.99. The Morgan fingerprint density at radius 2 is 1.42 bits per heavy atom. The highest BCUT2D eigenvalue weighted by atomic mass is 19.1. The van der Waals surface area contributed by atoms with Crippen LogP contribution >= 0.6 is 0 Å². The van der Waals surface area contributed by atoms with Crippen LogP contribution in [0.3, 0.4) is 0 Å². The van der Waals surface area contributed by atoms with Crippen molar-refractivity contribution in [3.8, 4) is 0 Å². The van der Waals surface area contributed by atoms with E-state index in [0.29, 0.717) is 5.69 Å². The van der Waals surface area contributed by atoms with Crippen molar-refractivity contribution in [1.82, 2.24) is 0 Å². The summed E-state index contributed by atoms with van der Waals surface area (Å²) < 4.78 is 13.7. The Kier molecular flexibility index (Phi) is 5.32. The van der Waals surface area contributed by atoms with Gasteiger partial charge in [0.1, 0.15) is 5.82 Å². The fraction of sp³-hybridized carbons (Fsp3) is 0.136. The zero-order valence-electron chi connectivity index (χ0n) is 14.8. The van der Waals surface area contributed by atoms with Crippen LogP contribution in [0.15, 0.2) is 78.9 Å². The standard InChI is InChI=1S/C22H21FN2O/c1-25(2)20-14-13-18(23)15-19(20)24-22(26)21(16-9-5-3-6-10-16)17-11-7-4-8-12-17/h3-15,21H,1-2H3,(H,24,26). The lowest BCUT2D eigenvalue weighted by atomic mass is 9.90. The van der Waals surface area contributed by atoms with Crippen molar-refractivity contribution in [3.05, 3.63) is 95.8 Å². The van der Waals surface area contributed by atoms with E-state index >= 15 is 0 Å². The lowest BCUT2D eigenvalue weighted by Crippen LogP contribution is -2.23. The van der Waals surface area contributed by atoms with Crippen LogP contribution in [0.1, 0.15) is 17.0 Å². The van der Waals surface area contributed by atoms with Gasteiger partial charge in [0.25, 0.3) is 0 Å². The maximum atomic E-state index is 13.7. The Labute approximate surface area is 153 Å². The van der Waals surface area contributed by atoms with Crippen LogP contribution in [0, 0.1) is 5.82 Å². The molecule has 0 aromatic heterocycles. The summed E-state index contributed by atoms with van der Waals surface area (Å²) in [5.41, 5.74) is 2.98. The molecule has 3 aromatic rings. The van der Waals surface area contributed by atoms with Crippen LogP contribution < -0.4 is 10.2 Å². The van der Waals surface area contributed by atoms with Crippen molar-refractivity contribution < 1.29 is 9.18 Å². The second-order valence-electron chi connectivity index (χ2n) is 6.30. The normalized spacial score (nSPS) is 10.6. The van der Waals surface area contributed by atoms with Crippen LogP contribution in [0.4, 0.5) is 15.8 Å². The number of hydrogen-bond acceptors (Lipinski definition) is 2. The van der Waals surface area contributed by atoms with Crippen molar-refractivity contribution in [2.75, 3.05) is 24.3 Å². The minimum absolute atomic E-state index is 0.198. The number of benzene rings is 3. The zero-order valence-corrected chi connectivity index (χ0v) is 14.8. The Bertz CT molecular complexity index is 840. The lowest BCUT2D eigenvalue weighted by Gasteiger charge is -2.21. The lowest BCUT2D eigenvalue weighted by molar-refractivity contribution is -0.116. The van der Waals surface area contributed by atoms with Gasteiger partial charge in [-0.3, -0.25) is 4.79 Å². The van der Waals surface area contributed by atoms with Crippen molar-refractivity contribution in [2.45, 2.75) is 5.92 Å². The highest BCUT2D eigenvalue weighted by Gasteiger charge is 2.23. The van der Waals surface area contributed by atoms with E-state index in [9.17, 15) is 9.18 Å². The van der Waals surface area contributed by atoms with Gasteiger partial charge in [-0.2, -0.15) is 0 Å². The number of nitrogens with zero attached hydrogens (tertiary/aromatic N) is 1. The second kappa shape index (κ2) is 7.83. The van der Waals surface area contributed by atoms with Gasteiger partial charge in [-0.05, 0) is 29.3 Å². The molecule has 0 aliphatic heterocycles. The van der Waals surface area contributed by atoms with Crippen molar-refractivity contribution in [1.29, 1.82) is 0 Å². The number of halogens is 1. The third kappa shape index (κ3) is 3.91. The molecule has 0 atom stereocenters. The van der Waals surface area contributed by atoms with Gasteiger partial charge >= 0.3 is 0 Å². The smallest absolute Gasteiger partial charge is 0.236 e. The summed E-state index contributed by atoms with van der Waals surface area (Å²) in [7, 11) is 3.71. The van der Waals surface area contributed by atoms with Crippen LogP contribution in [-0.2, 0) is 4.79 Å². The summed E-state index contributed by atoms with van der Waals surface area (Å²) in [6.07, 6.45) is 0. The monoisotopic (exact) mass is 348 g/mol. The average molecular weight is 348 g/mol. The molecular weight excluding hydrogens is 327 g/mol. The first kappa shape index (κ1) is 17.7. The van der Waals surface area contributed by atoms with Crippen molar-refractivity contribution in [2.24, 2.45) is 0 Å². The first-order valence-corrected chi connectivity index (χ1v) is 8.44. The quantitative estimate of drug-likeness (QED) is 0.727. The molecular formula is C22H21FN2O. The molecule has 1 amide bonds. The van der Waals surface area contributed by atoms with E-state index in [1.165, 1.54) is 12.1 Å². The first-order chi connectivity index (χ1) is 12.6. The Hall–Kier alpha value is -3.14. The molecule has 0 radical (unpaired) electrons. The van der Waals surface area contributed by atoms with Gasteiger partial charge < -0.3 is 10.2 Å². The molecule has 0 aliphatic carbocycles. The summed E-state index contributed by atoms with van der Waals surface area (Å²) in [6.45, 7) is 0. The van der Waals surface area contributed by atoms with Gasteiger partial charge in [0, 0.05) is 14.1 Å². The number of carbonyl (C=O) groups is 1. The SMILES string of the molecule is CN(C)c1ccc(F)cc1NC(=O)C(c1ccccc1)c1ccccc1. The summed E-state index contributed by atoms with van der Waals surface area (Å²) in [4.78, 5) is 15.0. The maximum Gasteiger partial charge on any atom is 0.236 e. The molecule has 0 saturated carbocycles. The van der Waals surface area contributed by atoms with Crippen LogP contribution in [0.2, 0.25) is 0 Å². The molecule has 0 spiro atoms. The Morgan fingerprint density at radius 1 is 0.885 bits per heavy atom. The van der Waals surface area contributed by atoms with Crippen LogP contribution in [-0.4, -0.2) is 20.0 Å². The van der Waals surface area contributed by atoms with E-state index in [2.05, 4.69) is 5.32 Å². The highest BCUT2D eigenvalue weighted by molar-refractivity contribution is 6.00. The molecule has 0 heterocycles. The summed E-state index contributed by atoms with van der Waals surface area (Å²) in [5, 5.41) is 2.91. The van der Waals surface area contributed by atoms with E-state index in [4.69, 9.17) is 0 Å². The Morgan fingerprint density at radius 3 is 1.92 bits per heavy atom. The Balaban J connectivity index is 1.99. The van der Waals surface area contributed by atoms with E-state index in [1.807, 2.05) is 79.7 Å². The van der Waals surface area contributed by atoms with Gasteiger partial charge in [0.15, 0.2) is 0 Å². The molecule has 0 unspecified atom stereocenters. The highest BCUT2D eigenvalue weighted by Crippen LogP contribution is 2.30. The van der Waals surface area contributed by atoms with Gasteiger partial charge in [0.2, 0.25) is 5.91 Å². The fourth-order valence-electron chi connectivity index (χ4n) is 2.99. The molecule has 26 heavy (non-hydrogen) atoms. The summed E-state index contributed by atoms with van der Waals surface area (Å²) in [6, 6.07) is 23.6. The van der Waals surface area contributed by atoms with Crippen molar-refractivity contribution in [3.63, 3.8) is 0 Å². The van der Waals surface area contributed by atoms with Crippen LogP contribution in [0.25, 0.3) is 0 Å². The van der Waals surface area contributed by atoms with E-state index in [1.54, 1.807) is 6.07 Å². The van der Waals surface area contributed by atoms with Gasteiger partial charge in [-0.1, -0.05) is 60.7 Å². The third-order valence-electron chi connectivity index (χ3n) is 4.23. The molecule has 0 bridgehead atoms. The minimum atomic E-state index is -0.476. The maximum absolute atomic E-state index is 13.7. The number of carbonyl (C=O) groups excluding carboxylic acids is 1. The minimum Gasteiger partial charge on any atom is -0.376 e. The predicted molar refractivity (Wildman–Crippen MR) is 104 cm³/mol. The predicted octanol–water partition coefficient (Wildman–Crippen LogP) is 4.66. The molecule has 1 N–H and O–H groups in total. The van der Waals surface area contributed by atoms with E-state index in [0.717, 1.165) is 16.8 Å². The summed E-state index contributed by atoms with van der Waals surface area (Å²) in [5.74, 6) is -1.06. The second-order valence-corrected chi connectivity index (χ2v) is 6.30. The number of rotatable bonds is 5. The van der Waals surface area contributed by atoms with Crippen LogP contribution in [0.5, 0.6) is 0 Å². The first-order valence-electron chi connectivity index (χ1n) is 8.44.